The molecule has 2 aromatic carbocycles. The Kier molecular flexibility index (Phi) is 2.72. The summed E-state index contributed by atoms with van der Waals surface area (Å²) >= 11 is 0. The predicted molar refractivity (Wildman–Crippen MR) is 81.4 cm³/mol. The van der Waals surface area contributed by atoms with Crippen LogP contribution in [-0.4, -0.2) is 25.3 Å². The fraction of sp³-hybridized carbons (Fsp3) is 0.235. The van der Waals surface area contributed by atoms with E-state index < -0.39 is 0 Å². The maximum Gasteiger partial charge on any atom is 0.414 e. The number of anilines is 1. The van der Waals surface area contributed by atoms with E-state index in [1.165, 1.54) is 22.3 Å². The molecular formula is C17H16N2O2. The molecular weight excluding hydrogens is 264 g/mol. The molecule has 2 N–H and O–H groups in total. The van der Waals surface area contributed by atoms with Crippen molar-refractivity contribution in [3.8, 4) is 11.1 Å². The summed E-state index contributed by atoms with van der Waals surface area (Å²) in [7, 11) is 0. The molecule has 4 heteroatoms. The number of benzene rings is 2. The topological polar surface area (TPSA) is 55.6 Å². The van der Waals surface area contributed by atoms with Crippen molar-refractivity contribution >= 4 is 11.8 Å². The molecule has 0 aromatic heterocycles. The molecule has 1 aliphatic heterocycles. The van der Waals surface area contributed by atoms with Crippen molar-refractivity contribution in [2.45, 2.75) is 12.5 Å². The van der Waals surface area contributed by atoms with Crippen LogP contribution in [0.4, 0.5) is 10.5 Å². The van der Waals surface area contributed by atoms with Crippen LogP contribution in [-0.2, 0) is 11.2 Å². The van der Waals surface area contributed by atoms with E-state index in [2.05, 4.69) is 36.4 Å². The second kappa shape index (κ2) is 4.60. The highest BCUT2D eigenvalue weighted by molar-refractivity contribution is 5.91. The highest BCUT2D eigenvalue weighted by Crippen LogP contribution is 2.38. The van der Waals surface area contributed by atoms with Gasteiger partial charge in [0.2, 0.25) is 0 Å². The molecule has 0 bridgehead atoms. The van der Waals surface area contributed by atoms with E-state index in [9.17, 15) is 4.79 Å². The van der Waals surface area contributed by atoms with Crippen LogP contribution in [0.15, 0.2) is 42.5 Å². The van der Waals surface area contributed by atoms with Gasteiger partial charge in [-0.25, -0.2) is 4.79 Å². The molecule has 0 spiro atoms. The average Bonchev–Trinajstić information content (AvgIpc) is 3.06. The first kappa shape index (κ1) is 12.4. The monoisotopic (exact) mass is 280 g/mol. The summed E-state index contributed by atoms with van der Waals surface area (Å²) in [6, 6.07) is 14.6. The molecule has 106 valence electrons. The van der Waals surface area contributed by atoms with Crippen LogP contribution in [0.1, 0.15) is 11.1 Å². The number of carbonyl (C=O) groups excluding carboxylic acids is 1. The van der Waals surface area contributed by atoms with Crippen molar-refractivity contribution in [2.75, 3.05) is 18.0 Å². The van der Waals surface area contributed by atoms with E-state index in [0.29, 0.717) is 13.1 Å². The third kappa shape index (κ3) is 1.91. The maximum atomic E-state index is 11.9. The minimum absolute atomic E-state index is 0.206. The van der Waals surface area contributed by atoms with Crippen molar-refractivity contribution in [3.05, 3.63) is 53.6 Å². The van der Waals surface area contributed by atoms with Gasteiger partial charge in [-0.1, -0.05) is 30.3 Å². The Morgan fingerprint density at radius 3 is 2.76 bits per heavy atom. The number of rotatable bonds is 2. The second-order valence-corrected chi connectivity index (χ2v) is 5.53. The van der Waals surface area contributed by atoms with E-state index in [0.717, 1.165) is 12.1 Å². The Balaban J connectivity index is 1.69. The van der Waals surface area contributed by atoms with E-state index >= 15 is 0 Å². The Bertz CT molecular complexity index is 726. The standard InChI is InChI=1S/C17H16N2O2/c18-9-14-10-19(17(20)21-14)13-5-6-16-12(8-13)7-11-3-1-2-4-15(11)16/h1-6,8,14H,7,9-10,18H2/t14-/m0/s1. The van der Waals surface area contributed by atoms with Gasteiger partial charge in [0, 0.05) is 12.2 Å². The minimum Gasteiger partial charge on any atom is -0.443 e. The van der Waals surface area contributed by atoms with Crippen molar-refractivity contribution in [1.29, 1.82) is 0 Å². The van der Waals surface area contributed by atoms with E-state index in [1.807, 2.05) is 6.07 Å². The molecule has 1 fully saturated rings. The molecule has 0 radical (unpaired) electrons. The van der Waals surface area contributed by atoms with Gasteiger partial charge in [0.25, 0.3) is 0 Å². The maximum absolute atomic E-state index is 11.9. The summed E-state index contributed by atoms with van der Waals surface area (Å²) in [5.74, 6) is 0. The summed E-state index contributed by atoms with van der Waals surface area (Å²) < 4.78 is 5.22. The molecule has 2 aliphatic rings. The molecule has 1 saturated heterocycles. The normalized spacial score (nSPS) is 19.4. The number of amides is 1. The minimum atomic E-state index is -0.305. The molecule has 4 rings (SSSR count). The van der Waals surface area contributed by atoms with Crippen LogP contribution in [0, 0.1) is 0 Å². The van der Waals surface area contributed by atoms with E-state index in [1.54, 1.807) is 4.90 Å². The Morgan fingerprint density at radius 2 is 1.95 bits per heavy atom. The lowest BCUT2D eigenvalue weighted by molar-refractivity contribution is 0.145. The summed E-state index contributed by atoms with van der Waals surface area (Å²) in [6.07, 6.45) is 0.409. The van der Waals surface area contributed by atoms with Crippen molar-refractivity contribution < 1.29 is 9.53 Å². The zero-order valence-electron chi connectivity index (χ0n) is 11.6. The van der Waals surface area contributed by atoms with Crippen LogP contribution in [0.3, 0.4) is 0 Å². The van der Waals surface area contributed by atoms with Crippen LogP contribution >= 0.6 is 0 Å². The first-order chi connectivity index (χ1) is 10.3. The van der Waals surface area contributed by atoms with Crippen molar-refractivity contribution in [1.82, 2.24) is 0 Å². The van der Waals surface area contributed by atoms with Crippen molar-refractivity contribution in [3.63, 3.8) is 0 Å². The SMILES string of the molecule is NC[C@H]1CN(c2ccc3c(c2)Cc2ccccc2-3)C(=O)O1. The molecule has 21 heavy (non-hydrogen) atoms. The molecule has 1 aliphatic carbocycles. The van der Waals surface area contributed by atoms with E-state index in [4.69, 9.17) is 10.5 Å². The predicted octanol–water partition coefficient (Wildman–Crippen LogP) is 2.54. The smallest absolute Gasteiger partial charge is 0.414 e. The average molecular weight is 280 g/mol. The first-order valence-electron chi connectivity index (χ1n) is 7.15. The van der Waals surface area contributed by atoms with Crippen molar-refractivity contribution in [2.24, 2.45) is 5.73 Å². The zero-order chi connectivity index (χ0) is 14.4. The van der Waals surface area contributed by atoms with Crippen LogP contribution < -0.4 is 10.6 Å². The molecule has 1 amide bonds. The Labute approximate surface area is 123 Å². The quantitative estimate of drug-likeness (QED) is 0.785. The van der Waals surface area contributed by atoms with Gasteiger partial charge in [-0.2, -0.15) is 0 Å². The molecule has 2 aromatic rings. The van der Waals surface area contributed by atoms with Gasteiger partial charge in [-0.3, -0.25) is 4.90 Å². The lowest BCUT2D eigenvalue weighted by atomic mass is 10.1. The number of carbonyl (C=O) groups is 1. The lowest BCUT2D eigenvalue weighted by Gasteiger charge is -2.14. The van der Waals surface area contributed by atoms with Gasteiger partial charge in [-0.05, 0) is 40.8 Å². The third-order valence-corrected chi connectivity index (χ3v) is 4.23. The fourth-order valence-electron chi connectivity index (χ4n) is 3.15. The number of nitrogens with zero attached hydrogens (tertiary/aromatic N) is 1. The summed E-state index contributed by atoms with van der Waals surface area (Å²) in [5.41, 5.74) is 11.6. The third-order valence-electron chi connectivity index (χ3n) is 4.23. The highest BCUT2D eigenvalue weighted by Gasteiger charge is 2.32. The van der Waals surface area contributed by atoms with Gasteiger partial charge in [-0.15, -0.1) is 0 Å². The fourth-order valence-corrected chi connectivity index (χ4v) is 3.15. The van der Waals surface area contributed by atoms with Crippen LogP contribution in [0.5, 0.6) is 0 Å². The molecule has 0 unspecified atom stereocenters. The highest BCUT2D eigenvalue weighted by atomic mass is 16.6. The second-order valence-electron chi connectivity index (χ2n) is 5.53. The summed E-state index contributed by atoms with van der Waals surface area (Å²) in [5, 5.41) is 0. The number of hydrogen-bond donors (Lipinski definition) is 1. The largest absolute Gasteiger partial charge is 0.443 e. The Hall–Kier alpha value is -2.33. The first-order valence-corrected chi connectivity index (χ1v) is 7.15. The van der Waals surface area contributed by atoms with E-state index in [-0.39, 0.29) is 12.2 Å². The van der Waals surface area contributed by atoms with Crippen LogP contribution in [0.25, 0.3) is 11.1 Å². The summed E-state index contributed by atoms with van der Waals surface area (Å²) in [6.45, 7) is 0.889. The molecule has 1 heterocycles. The number of nitrogens with two attached hydrogens (primary N) is 1. The lowest BCUT2D eigenvalue weighted by Crippen LogP contribution is -2.27. The molecule has 4 nitrogen and oxygen atoms in total. The zero-order valence-corrected chi connectivity index (χ0v) is 11.6. The van der Waals surface area contributed by atoms with Gasteiger partial charge in [0.15, 0.2) is 0 Å². The summed E-state index contributed by atoms with van der Waals surface area (Å²) in [4.78, 5) is 13.6. The molecule has 0 saturated carbocycles. The Morgan fingerprint density at radius 1 is 1.14 bits per heavy atom. The van der Waals surface area contributed by atoms with Gasteiger partial charge >= 0.3 is 6.09 Å². The molecule has 1 atom stereocenters. The number of hydrogen-bond acceptors (Lipinski definition) is 3. The number of cyclic esters (lactones) is 1. The van der Waals surface area contributed by atoms with Gasteiger partial charge in [0.05, 0.1) is 6.54 Å². The van der Waals surface area contributed by atoms with Gasteiger partial charge in [0.1, 0.15) is 6.10 Å². The van der Waals surface area contributed by atoms with Gasteiger partial charge < -0.3 is 10.5 Å². The number of fused-ring (bicyclic) bond motifs is 3. The number of ether oxygens (including phenoxy) is 1. The van der Waals surface area contributed by atoms with Crippen LogP contribution in [0.2, 0.25) is 0 Å².